The molecule has 0 saturated carbocycles. The molecule has 2 N–H and O–H groups in total. The van der Waals surface area contributed by atoms with Crippen molar-refractivity contribution in [2.24, 2.45) is 0 Å². The number of halogens is 1. The van der Waals surface area contributed by atoms with Crippen molar-refractivity contribution < 1.29 is 9.53 Å². The lowest BCUT2D eigenvalue weighted by atomic mass is 10.2. The van der Waals surface area contributed by atoms with Crippen LogP contribution in [0, 0.1) is 0 Å². The number of ether oxygens (including phenoxy) is 1. The Labute approximate surface area is 148 Å². The van der Waals surface area contributed by atoms with E-state index in [-0.39, 0.29) is 5.91 Å². The summed E-state index contributed by atoms with van der Waals surface area (Å²) in [5.41, 5.74) is 6.82. The van der Waals surface area contributed by atoms with Crippen molar-refractivity contribution in [3.8, 4) is 5.75 Å². The molecule has 0 radical (unpaired) electrons. The highest BCUT2D eigenvalue weighted by atomic mass is 35.5. The van der Waals surface area contributed by atoms with Crippen molar-refractivity contribution in [3.63, 3.8) is 0 Å². The zero-order valence-electron chi connectivity index (χ0n) is 12.9. The molecule has 122 valence electrons. The van der Waals surface area contributed by atoms with Gasteiger partial charge < -0.3 is 4.74 Å². The summed E-state index contributed by atoms with van der Waals surface area (Å²) in [6.07, 6.45) is 0. The van der Waals surface area contributed by atoms with E-state index >= 15 is 0 Å². The number of methoxy groups -OCH3 is 1. The van der Waals surface area contributed by atoms with E-state index in [9.17, 15) is 4.79 Å². The molecule has 0 bridgehead atoms. The van der Waals surface area contributed by atoms with Crippen LogP contribution < -0.4 is 15.6 Å². The van der Waals surface area contributed by atoms with Crippen molar-refractivity contribution in [2.45, 2.75) is 0 Å². The fraction of sp³-hybridized carbons (Fsp3) is 0.0556. The van der Waals surface area contributed by atoms with Crippen molar-refractivity contribution in [1.82, 2.24) is 10.9 Å². The van der Waals surface area contributed by atoms with E-state index in [1.807, 2.05) is 48.5 Å². The Morgan fingerprint density at radius 3 is 2.71 bits per heavy atom. The lowest BCUT2D eigenvalue weighted by Crippen LogP contribution is -2.35. The second-order valence-corrected chi connectivity index (χ2v) is 6.46. The van der Waals surface area contributed by atoms with Crippen molar-refractivity contribution >= 4 is 44.6 Å². The Balaban J connectivity index is 1.72. The van der Waals surface area contributed by atoms with Gasteiger partial charge in [0.15, 0.2) is 0 Å². The average molecular weight is 359 g/mol. The van der Waals surface area contributed by atoms with Gasteiger partial charge in [-0.25, -0.2) is 0 Å². The van der Waals surface area contributed by atoms with Gasteiger partial charge in [-0.3, -0.25) is 15.6 Å². The van der Waals surface area contributed by atoms with Gasteiger partial charge >= 0.3 is 0 Å². The number of thiophene rings is 1. The van der Waals surface area contributed by atoms with E-state index in [1.165, 1.54) is 11.3 Å². The molecular weight excluding hydrogens is 344 g/mol. The minimum absolute atomic E-state index is 0.301. The lowest BCUT2D eigenvalue weighted by Gasteiger charge is -2.11. The quantitative estimate of drug-likeness (QED) is 0.662. The molecule has 1 aromatic heterocycles. The van der Waals surface area contributed by atoms with Crippen LogP contribution in [0.15, 0.2) is 55.1 Å². The highest BCUT2D eigenvalue weighted by Crippen LogP contribution is 2.34. The second kappa shape index (κ2) is 6.95. The number of nitrogens with one attached hydrogen (secondary N) is 2. The average Bonchev–Trinajstić information content (AvgIpc) is 2.96. The number of hydrogen-bond donors (Lipinski definition) is 2. The molecular formula is C18H15ClN2O2S. The first-order valence-electron chi connectivity index (χ1n) is 7.17. The van der Waals surface area contributed by atoms with Crippen LogP contribution in [-0.4, -0.2) is 13.0 Å². The molecule has 6 heteroatoms. The van der Waals surface area contributed by atoms with Crippen LogP contribution in [0.5, 0.6) is 5.75 Å². The predicted octanol–water partition coefficient (Wildman–Crippen LogP) is 4.47. The minimum Gasteiger partial charge on any atom is -0.497 e. The first-order valence-corrected chi connectivity index (χ1v) is 8.36. The highest BCUT2D eigenvalue weighted by molar-refractivity contribution is 7.21. The molecule has 1 amide bonds. The molecule has 2 aromatic carbocycles. The normalized spacial score (nSPS) is 10.4. The maximum Gasteiger partial charge on any atom is 0.281 e. The minimum atomic E-state index is -0.301. The van der Waals surface area contributed by atoms with Crippen molar-refractivity contribution in [1.29, 1.82) is 0 Å². The van der Waals surface area contributed by atoms with Crippen LogP contribution in [-0.2, 0) is 0 Å². The van der Waals surface area contributed by atoms with E-state index in [0.717, 1.165) is 15.6 Å². The molecule has 0 unspecified atom stereocenters. The smallest absolute Gasteiger partial charge is 0.281 e. The number of amides is 1. The molecule has 0 aliphatic rings. The number of carbonyl (C=O) groups excluding carboxylic acids is 1. The molecule has 0 fully saturated rings. The summed E-state index contributed by atoms with van der Waals surface area (Å²) in [6, 6.07) is 15.0. The third kappa shape index (κ3) is 3.22. The number of fused-ring (bicyclic) bond motifs is 1. The lowest BCUT2D eigenvalue weighted by molar-refractivity contribution is 0.0947. The Kier molecular flexibility index (Phi) is 4.74. The molecule has 0 aliphatic heterocycles. The monoisotopic (exact) mass is 358 g/mol. The molecule has 3 rings (SSSR count). The summed E-state index contributed by atoms with van der Waals surface area (Å²) in [6.45, 7) is 3.92. The molecule has 4 nitrogen and oxygen atoms in total. The predicted molar refractivity (Wildman–Crippen MR) is 99.5 cm³/mol. The van der Waals surface area contributed by atoms with Gasteiger partial charge in [0.1, 0.15) is 10.6 Å². The molecule has 0 spiro atoms. The van der Waals surface area contributed by atoms with Gasteiger partial charge in [0.2, 0.25) is 0 Å². The number of benzene rings is 2. The van der Waals surface area contributed by atoms with Gasteiger partial charge in [-0.05, 0) is 18.2 Å². The number of carbonyl (C=O) groups is 1. The van der Waals surface area contributed by atoms with Gasteiger partial charge in [0, 0.05) is 15.6 Å². The summed E-state index contributed by atoms with van der Waals surface area (Å²) in [5.74, 6) is 0.416. The summed E-state index contributed by atoms with van der Waals surface area (Å²) in [5, 5.41) is 1.34. The van der Waals surface area contributed by atoms with E-state index < -0.39 is 0 Å². The molecule has 0 atom stereocenters. The molecule has 1 heterocycles. The van der Waals surface area contributed by atoms with Crippen LogP contribution in [0.3, 0.4) is 0 Å². The Morgan fingerprint density at radius 1 is 1.17 bits per heavy atom. The van der Waals surface area contributed by atoms with Crippen molar-refractivity contribution in [3.05, 3.63) is 70.6 Å². The van der Waals surface area contributed by atoms with E-state index in [4.69, 9.17) is 16.3 Å². The van der Waals surface area contributed by atoms with Crippen LogP contribution in [0.25, 0.3) is 15.8 Å². The SMILES string of the molecule is C=C(NNC(=O)c1sc2ccccc2c1Cl)c1cccc(OC)c1. The summed E-state index contributed by atoms with van der Waals surface area (Å²) < 4.78 is 6.15. The van der Waals surface area contributed by atoms with E-state index in [1.54, 1.807) is 7.11 Å². The standard InChI is InChI=1S/C18H15ClN2O2S/c1-11(12-6-5-7-13(10-12)23-2)20-21-18(22)17-16(19)14-8-3-4-9-15(14)24-17/h3-10,20H,1H2,2H3,(H,21,22). The zero-order chi connectivity index (χ0) is 17.1. The number of rotatable bonds is 5. The first-order chi connectivity index (χ1) is 11.6. The topological polar surface area (TPSA) is 50.4 Å². The molecule has 3 aromatic rings. The van der Waals surface area contributed by atoms with E-state index in [0.29, 0.717) is 21.3 Å². The third-order valence-electron chi connectivity index (χ3n) is 3.49. The summed E-state index contributed by atoms with van der Waals surface area (Å²) in [7, 11) is 1.60. The Morgan fingerprint density at radius 2 is 1.96 bits per heavy atom. The molecule has 0 saturated heterocycles. The van der Waals surface area contributed by atoms with Gasteiger partial charge in [0.25, 0.3) is 5.91 Å². The largest absolute Gasteiger partial charge is 0.497 e. The van der Waals surface area contributed by atoms with Crippen molar-refractivity contribution in [2.75, 3.05) is 7.11 Å². The number of hydrazine groups is 1. The maximum absolute atomic E-state index is 12.4. The molecule has 0 aliphatic carbocycles. The van der Waals surface area contributed by atoms with Crippen LogP contribution in [0.2, 0.25) is 5.02 Å². The van der Waals surface area contributed by atoms with Crippen LogP contribution in [0.1, 0.15) is 15.2 Å². The fourth-order valence-corrected chi connectivity index (χ4v) is 3.64. The van der Waals surface area contributed by atoms with E-state index in [2.05, 4.69) is 17.4 Å². The molecule has 24 heavy (non-hydrogen) atoms. The van der Waals surface area contributed by atoms with Gasteiger partial charge in [-0.1, -0.05) is 48.5 Å². The maximum atomic E-state index is 12.4. The van der Waals surface area contributed by atoms with Gasteiger partial charge in [-0.2, -0.15) is 0 Å². The van der Waals surface area contributed by atoms with Gasteiger partial charge in [-0.15, -0.1) is 11.3 Å². The van der Waals surface area contributed by atoms with Crippen LogP contribution in [0.4, 0.5) is 0 Å². The first kappa shape index (κ1) is 16.4. The summed E-state index contributed by atoms with van der Waals surface area (Å²) in [4.78, 5) is 12.8. The van der Waals surface area contributed by atoms with Gasteiger partial charge in [0.05, 0.1) is 17.8 Å². The Bertz CT molecular complexity index is 920. The second-order valence-electron chi connectivity index (χ2n) is 5.03. The van der Waals surface area contributed by atoms with Crippen LogP contribution >= 0.6 is 22.9 Å². The summed E-state index contributed by atoms with van der Waals surface area (Å²) >= 11 is 7.66. The third-order valence-corrected chi connectivity index (χ3v) is 5.16. The zero-order valence-corrected chi connectivity index (χ0v) is 14.5. The number of hydrogen-bond acceptors (Lipinski definition) is 4. The Hall–Kier alpha value is -2.50. The highest BCUT2D eigenvalue weighted by Gasteiger charge is 2.16. The fourth-order valence-electron chi connectivity index (χ4n) is 2.23.